The van der Waals surface area contributed by atoms with Gasteiger partial charge in [0.05, 0.1) is 11.2 Å². The molecule has 3 rings (SSSR count). The van der Waals surface area contributed by atoms with Crippen molar-refractivity contribution in [1.29, 1.82) is 0 Å². The van der Waals surface area contributed by atoms with E-state index in [0.717, 1.165) is 28.6 Å². The number of aromatic nitrogens is 1. The molecule has 2 heteroatoms. The molecule has 2 aromatic carbocycles. The molecule has 0 unspecified atom stereocenters. The Morgan fingerprint density at radius 1 is 1.00 bits per heavy atom. The van der Waals surface area contributed by atoms with Gasteiger partial charge in [-0.25, -0.2) is 4.98 Å². The molecule has 2 nitrogen and oxygen atoms in total. The Morgan fingerprint density at radius 3 is 2.53 bits per heavy atom. The fraction of sp³-hybridized carbons (Fsp3) is 0.118. The molecule has 0 aliphatic rings. The normalized spacial score (nSPS) is 10.8. The van der Waals surface area contributed by atoms with Gasteiger partial charge >= 0.3 is 0 Å². The van der Waals surface area contributed by atoms with Crippen molar-refractivity contribution in [2.45, 2.75) is 13.3 Å². The second-order valence-electron chi connectivity index (χ2n) is 4.59. The Labute approximate surface area is 112 Å². The lowest BCUT2D eigenvalue weighted by Crippen LogP contribution is -1.93. The highest BCUT2D eigenvalue weighted by molar-refractivity contribution is 5.84. The average Bonchev–Trinajstić information content (AvgIpc) is 2.46. The number of phenols is 1. The van der Waals surface area contributed by atoms with E-state index in [1.807, 2.05) is 24.3 Å². The number of hydrogen-bond acceptors (Lipinski definition) is 2. The highest BCUT2D eigenvalue weighted by atomic mass is 16.3. The summed E-state index contributed by atoms with van der Waals surface area (Å²) in [5, 5.41) is 10.6. The summed E-state index contributed by atoms with van der Waals surface area (Å²) >= 11 is 0. The molecule has 0 saturated carbocycles. The van der Waals surface area contributed by atoms with Gasteiger partial charge in [-0.1, -0.05) is 37.3 Å². The first-order chi connectivity index (χ1) is 9.28. The second-order valence-corrected chi connectivity index (χ2v) is 4.59. The van der Waals surface area contributed by atoms with E-state index < -0.39 is 0 Å². The predicted molar refractivity (Wildman–Crippen MR) is 78.2 cm³/mol. The SMILES string of the molecule is CCc1cc2ccc(O)cc2nc1-c1ccccc1. The molecule has 1 N–H and O–H groups in total. The third-order valence-corrected chi connectivity index (χ3v) is 3.31. The van der Waals surface area contributed by atoms with Gasteiger partial charge in [-0.15, -0.1) is 0 Å². The lowest BCUT2D eigenvalue weighted by atomic mass is 10.0. The molecular formula is C17H15NO. The number of benzene rings is 2. The lowest BCUT2D eigenvalue weighted by Gasteiger charge is -2.09. The first-order valence-electron chi connectivity index (χ1n) is 6.46. The van der Waals surface area contributed by atoms with E-state index in [0.29, 0.717) is 0 Å². The van der Waals surface area contributed by atoms with Crippen LogP contribution in [-0.2, 0) is 6.42 Å². The number of nitrogens with zero attached hydrogens (tertiary/aromatic N) is 1. The van der Waals surface area contributed by atoms with Gasteiger partial charge in [-0.2, -0.15) is 0 Å². The van der Waals surface area contributed by atoms with Crippen molar-refractivity contribution in [3.05, 3.63) is 60.2 Å². The summed E-state index contributed by atoms with van der Waals surface area (Å²) in [6.45, 7) is 2.13. The summed E-state index contributed by atoms with van der Waals surface area (Å²) in [6, 6.07) is 17.6. The zero-order chi connectivity index (χ0) is 13.2. The molecule has 0 spiro atoms. The molecule has 94 valence electrons. The smallest absolute Gasteiger partial charge is 0.117 e. The third kappa shape index (κ3) is 2.17. The van der Waals surface area contributed by atoms with Crippen LogP contribution in [0.5, 0.6) is 5.75 Å². The minimum atomic E-state index is 0.253. The molecule has 3 aromatic rings. The van der Waals surface area contributed by atoms with Crippen molar-refractivity contribution in [3.8, 4) is 17.0 Å². The Hall–Kier alpha value is -2.35. The molecule has 0 fully saturated rings. The summed E-state index contributed by atoms with van der Waals surface area (Å²) < 4.78 is 0. The summed E-state index contributed by atoms with van der Waals surface area (Å²) in [4.78, 5) is 4.72. The number of fused-ring (bicyclic) bond motifs is 1. The largest absolute Gasteiger partial charge is 0.508 e. The van der Waals surface area contributed by atoms with Crippen molar-refractivity contribution in [1.82, 2.24) is 4.98 Å². The Balaban J connectivity index is 2.28. The molecule has 1 aromatic heterocycles. The molecular weight excluding hydrogens is 234 g/mol. The minimum absolute atomic E-state index is 0.253. The Bertz CT molecular complexity index is 720. The molecule has 0 aliphatic heterocycles. The van der Waals surface area contributed by atoms with Crippen molar-refractivity contribution >= 4 is 10.9 Å². The van der Waals surface area contributed by atoms with Crippen LogP contribution in [0.2, 0.25) is 0 Å². The molecule has 0 bridgehead atoms. The molecule has 19 heavy (non-hydrogen) atoms. The molecule has 0 radical (unpaired) electrons. The van der Waals surface area contributed by atoms with Crippen LogP contribution < -0.4 is 0 Å². The molecule has 1 heterocycles. The van der Waals surface area contributed by atoms with E-state index in [2.05, 4.69) is 25.1 Å². The number of aromatic hydroxyl groups is 1. The Morgan fingerprint density at radius 2 is 1.79 bits per heavy atom. The molecule has 0 aliphatic carbocycles. The van der Waals surface area contributed by atoms with Gasteiger partial charge in [-0.3, -0.25) is 0 Å². The maximum Gasteiger partial charge on any atom is 0.117 e. The van der Waals surface area contributed by atoms with Crippen LogP contribution in [-0.4, -0.2) is 10.1 Å². The summed E-state index contributed by atoms with van der Waals surface area (Å²) in [5.41, 5.74) is 4.17. The second kappa shape index (κ2) is 4.73. The van der Waals surface area contributed by atoms with Crippen LogP contribution in [0.15, 0.2) is 54.6 Å². The fourth-order valence-electron chi connectivity index (χ4n) is 2.31. The van der Waals surface area contributed by atoms with Crippen molar-refractivity contribution in [3.63, 3.8) is 0 Å². The molecule has 0 amide bonds. The number of phenolic OH excluding ortho intramolecular Hbond substituents is 1. The number of aryl methyl sites for hydroxylation is 1. The number of hydrogen-bond donors (Lipinski definition) is 1. The van der Waals surface area contributed by atoms with E-state index in [-0.39, 0.29) is 5.75 Å². The molecule has 0 saturated heterocycles. The van der Waals surface area contributed by atoms with Crippen LogP contribution >= 0.6 is 0 Å². The van der Waals surface area contributed by atoms with Crippen LogP contribution in [0, 0.1) is 0 Å². The third-order valence-electron chi connectivity index (χ3n) is 3.31. The number of rotatable bonds is 2. The standard InChI is InChI=1S/C17H15NO/c1-2-12-10-14-8-9-15(19)11-16(14)18-17(12)13-6-4-3-5-7-13/h3-11,19H,2H2,1H3. The maximum absolute atomic E-state index is 9.58. The Kier molecular flexibility index (Phi) is 2.92. The summed E-state index contributed by atoms with van der Waals surface area (Å²) in [5.74, 6) is 0.253. The quantitative estimate of drug-likeness (QED) is 0.739. The number of pyridine rings is 1. The topological polar surface area (TPSA) is 33.1 Å². The van der Waals surface area contributed by atoms with Crippen molar-refractivity contribution < 1.29 is 5.11 Å². The van der Waals surface area contributed by atoms with Gasteiger partial charge in [0.2, 0.25) is 0 Å². The van der Waals surface area contributed by atoms with Gasteiger partial charge in [0.1, 0.15) is 5.75 Å². The summed E-state index contributed by atoms with van der Waals surface area (Å²) in [6.07, 6.45) is 0.939. The van der Waals surface area contributed by atoms with E-state index in [1.54, 1.807) is 12.1 Å². The van der Waals surface area contributed by atoms with Crippen molar-refractivity contribution in [2.75, 3.05) is 0 Å². The zero-order valence-corrected chi connectivity index (χ0v) is 10.8. The van der Waals surface area contributed by atoms with Crippen LogP contribution in [0.25, 0.3) is 22.2 Å². The lowest BCUT2D eigenvalue weighted by molar-refractivity contribution is 0.476. The van der Waals surface area contributed by atoms with Gasteiger partial charge in [0.25, 0.3) is 0 Å². The van der Waals surface area contributed by atoms with Gasteiger partial charge in [-0.05, 0) is 30.2 Å². The van der Waals surface area contributed by atoms with Crippen LogP contribution in [0.1, 0.15) is 12.5 Å². The minimum Gasteiger partial charge on any atom is -0.508 e. The predicted octanol–water partition coefficient (Wildman–Crippen LogP) is 4.17. The molecule has 0 atom stereocenters. The monoisotopic (exact) mass is 249 g/mol. The first-order valence-corrected chi connectivity index (χ1v) is 6.46. The van der Waals surface area contributed by atoms with Crippen LogP contribution in [0.4, 0.5) is 0 Å². The van der Waals surface area contributed by atoms with E-state index in [9.17, 15) is 5.11 Å². The first kappa shape index (κ1) is 11.7. The van der Waals surface area contributed by atoms with Gasteiger partial charge in [0, 0.05) is 17.0 Å². The van der Waals surface area contributed by atoms with E-state index in [1.165, 1.54) is 5.56 Å². The zero-order valence-electron chi connectivity index (χ0n) is 10.8. The van der Waals surface area contributed by atoms with Gasteiger partial charge in [0.15, 0.2) is 0 Å². The fourth-order valence-corrected chi connectivity index (χ4v) is 2.31. The van der Waals surface area contributed by atoms with Crippen LogP contribution in [0.3, 0.4) is 0 Å². The highest BCUT2D eigenvalue weighted by Gasteiger charge is 2.08. The van der Waals surface area contributed by atoms with Gasteiger partial charge < -0.3 is 5.11 Å². The van der Waals surface area contributed by atoms with E-state index in [4.69, 9.17) is 4.98 Å². The van der Waals surface area contributed by atoms with Crippen molar-refractivity contribution in [2.24, 2.45) is 0 Å². The summed E-state index contributed by atoms with van der Waals surface area (Å²) in [7, 11) is 0. The van der Waals surface area contributed by atoms with E-state index >= 15 is 0 Å². The average molecular weight is 249 g/mol. The highest BCUT2D eigenvalue weighted by Crippen LogP contribution is 2.27. The maximum atomic E-state index is 9.58.